The molecule has 1 aliphatic carbocycles. The van der Waals surface area contributed by atoms with Crippen LogP contribution in [-0.4, -0.2) is 66.1 Å². The predicted octanol–water partition coefficient (Wildman–Crippen LogP) is 4.32. The number of aromatic nitrogens is 1. The zero-order valence-electron chi connectivity index (χ0n) is 21.9. The second-order valence-electron chi connectivity index (χ2n) is 10.00. The van der Waals surface area contributed by atoms with Crippen molar-refractivity contribution in [2.75, 3.05) is 50.2 Å². The molecule has 1 aliphatic heterocycles. The van der Waals surface area contributed by atoms with Crippen LogP contribution in [0.15, 0.2) is 46.4 Å². The number of ether oxygens (including phenoxy) is 1. The number of hydrogen-bond acceptors (Lipinski definition) is 7. The van der Waals surface area contributed by atoms with Gasteiger partial charge in [0.1, 0.15) is 17.1 Å². The number of hydrazone groups is 1. The van der Waals surface area contributed by atoms with Crippen molar-refractivity contribution in [3.05, 3.63) is 63.9 Å². The van der Waals surface area contributed by atoms with Crippen molar-refractivity contribution in [1.82, 2.24) is 9.47 Å². The number of fused-ring (bicyclic) bond motifs is 1. The van der Waals surface area contributed by atoms with E-state index < -0.39 is 17.2 Å². The van der Waals surface area contributed by atoms with E-state index in [1.54, 1.807) is 16.7 Å². The summed E-state index contributed by atoms with van der Waals surface area (Å²) in [6, 6.07) is 7.21. The zero-order chi connectivity index (χ0) is 27.7. The van der Waals surface area contributed by atoms with Gasteiger partial charge in [-0.05, 0) is 56.5 Å². The number of nitrogens with zero attached hydrogens (tertiary/aromatic N) is 4. The highest BCUT2D eigenvalue weighted by Crippen LogP contribution is 2.43. The van der Waals surface area contributed by atoms with Gasteiger partial charge in [0.25, 0.3) is 0 Å². The molecule has 5 rings (SSSR count). The lowest BCUT2D eigenvalue weighted by molar-refractivity contribution is 0.0694. The third kappa shape index (κ3) is 5.58. The molecule has 11 heteroatoms. The maximum absolute atomic E-state index is 15.5. The van der Waals surface area contributed by atoms with E-state index in [1.807, 2.05) is 11.8 Å². The summed E-state index contributed by atoms with van der Waals surface area (Å²) in [4.78, 5) is 28.8. The number of carbonyl (C=O) groups is 1. The molecule has 2 heterocycles. The maximum Gasteiger partial charge on any atom is 0.341 e. The van der Waals surface area contributed by atoms with Crippen LogP contribution in [0.25, 0.3) is 10.9 Å². The fourth-order valence-electron chi connectivity index (χ4n) is 4.98. The third-order valence-electron chi connectivity index (χ3n) is 7.27. The van der Waals surface area contributed by atoms with Gasteiger partial charge in [-0.1, -0.05) is 0 Å². The summed E-state index contributed by atoms with van der Waals surface area (Å²) in [5.41, 5.74) is 4.20. The molecule has 2 aliphatic rings. The van der Waals surface area contributed by atoms with Gasteiger partial charge in [-0.15, -0.1) is 0 Å². The van der Waals surface area contributed by atoms with Crippen molar-refractivity contribution in [1.29, 1.82) is 0 Å². The highest BCUT2D eigenvalue weighted by molar-refractivity contribution is 5.97. The fourth-order valence-corrected chi connectivity index (χ4v) is 4.98. The standard InChI is InChI=1S/C28H31F2N5O4/c1-17(31-32-19-5-3-18(29)4-6-19)9-10-33-11-13-34(14-12-33)25-23(30)15-21-24(27(25)39-2)35(20-7-8-20)16-22(26(21)36)28(37)38/h3-6,15-16,20,32H,7-14H2,1-2H3,(H,37,38)/b31-17+. The first-order valence-corrected chi connectivity index (χ1v) is 13.0. The quantitative estimate of drug-likeness (QED) is 0.309. The Morgan fingerprint density at radius 2 is 1.85 bits per heavy atom. The Kier molecular flexibility index (Phi) is 7.51. The highest BCUT2D eigenvalue weighted by atomic mass is 19.1. The number of nitrogens with one attached hydrogen (secondary N) is 1. The number of hydrogen-bond donors (Lipinski definition) is 2. The third-order valence-corrected chi connectivity index (χ3v) is 7.27. The van der Waals surface area contributed by atoms with Gasteiger partial charge in [0.05, 0.1) is 23.7 Å². The minimum Gasteiger partial charge on any atom is -0.492 e. The van der Waals surface area contributed by atoms with E-state index in [4.69, 9.17) is 4.74 Å². The lowest BCUT2D eigenvalue weighted by Crippen LogP contribution is -2.47. The number of piperazine rings is 1. The van der Waals surface area contributed by atoms with Crippen molar-refractivity contribution in [2.45, 2.75) is 32.2 Å². The topological polar surface area (TPSA) is 99.4 Å². The summed E-state index contributed by atoms with van der Waals surface area (Å²) in [6.45, 7) is 5.23. The molecule has 0 atom stereocenters. The summed E-state index contributed by atoms with van der Waals surface area (Å²) in [5.74, 6) is -1.98. The van der Waals surface area contributed by atoms with Crippen molar-refractivity contribution in [2.24, 2.45) is 5.10 Å². The zero-order valence-corrected chi connectivity index (χ0v) is 21.9. The minimum absolute atomic E-state index is 0.0162. The maximum atomic E-state index is 15.5. The van der Waals surface area contributed by atoms with Crippen molar-refractivity contribution < 1.29 is 23.4 Å². The summed E-state index contributed by atoms with van der Waals surface area (Å²) in [6.07, 6.45) is 3.81. The second-order valence-corrected chi connectivity index (χ2v) is 10.00. The Labute approximate surface area is 224 Å². The van der Waals surface area contributed by atoms with Crippen LogP contribution in [-0.2, 0) is 0 Å². The van der Waals surface area contributed by atoms with Gasteiger partial charge >= 0.3 is 5.97 Å². The number of anilines is 2. The van der Waals surface area contributed by atoms with Gasteiger partial charge in [0.2, 0.25) is 5.43 Å². The Morgan fingerprint density at radius 3 is 2.46 bits per heavy atom. The van der Waals surface area contributed by atoms with E-state index >= 15 is 4.39 Å². The van der Waals surface area contributed by atoms with E-state index in [1.165, 1.54) is 25.4 Å². The normalized spacial score (nSPS) is 16.5. The van der Waals surface area contributed by atoms with E-state index in [0.29, 0.717) is 43.1 Å². The minimum atomic E-state index is -1.33. The van der Waals surface area contributed by atoms with Gasteiger partial charge in [0, 0.05) is 50.7 Å². The first-order valence-electron chi connectivity index (χ1n) is 13.0. The second kappa shape index (κ2) is 11.0. The number of aromatic carboxylic acids is 1. The van der Waals surface area contributed by atoms with Crippen LogP contribution in [0.2, 0.25) is 0 Å². The van der Waals surface area contributed by atoms with E-state index in [2.05, 4.69) is 15.4 Å². The first kappa shape index (κ1) is 26.6. The summed E-state index contributed by atoms with van der Waals surface area (Å²) < 4.78 is 36.1. The molecular formula is C28H31F2N5O4. The molecule has 0 bridgehead atoms. The SMILES string of the molecule is COc1c(N2CCN(CC/C(C)=N/Nc3ccc(F)cc3)CC2)c(F)cc2c(=O)c(C(=O)O)cn(C3CC3)c12. The van der Waals surface area contributed by atoms with Crippen molar-refractivity contribution >= 4 is 34.0 Å². The first-order chi connectivity index (χ1) is 18.8. The lowest BCUT2D eigenvalue weighted by atomic mass is 10.1. The number of benzene rings is 2. The molecule has 2 aromatic carbocycles. The molecule has 0 unspecified atom stereocenters. The number of halogens is 2. The number of pyridine rings is 1. The average Bonchev–Trinajstić information content (AvgIpc) is 3.77. The van der Waals surface area contributed by atoms with Crippen LogP contribution >= 0.6 is 0 Å². The average molecular weight is 540 g/mol. The number of carboxylic acids is 1. The molecule has 0 spiro atoms. The fraction of sp³-hybridized carbons (Fsp3) is 0.393. The summed E-state index contributed by atoms with van der Waals surface area (Å²) >= 11 is 0. The van der Waals surface area contributed by atoms with Crippen molar-refractivity contribution in [3.63, 3.8) is 0 Å². The Hall–Kier alpha value is -3.99. The molecule has 0 radical (unpaired) electrons. The molecule has 2 N–H and O–H groups in total. The van der Waals surface area contributed by atoms with E-state index in [9.17, 15) is 19.1 Å². The van der Waals surface area contributed by atoms with Gasteiger partial charge in [-0.3, -0.25) is 15.1 Å². The monoisotopic (exact) mass is 539 g/mol. The molecule has 3 aromatic rings. The summed E-state index contributed by atoms with van der Waals surface area (Å²) in [7, 11) is 1.45. The molecular weight excluding hydrogens is 508 g/mol. The van der Waals surface area contributed by atoms with Crippen LogP contribution < -0.4 is 20.5 Å². The number of methoxy groups -OCH3 is 1. The lowest BCUT2D eigenvalue weighted by Gasteiger charge is -2.37. The van der Waals surface area contributed by atoms with Gasteiger partial charge in [-0.2, -0.15) is 5.10 Å². The molecule has 206 valence electrons. The van der Waals surface area contributed by atoms with Gasteiger partial charge < -0.3 is 19.3 Å². The molecule has 1 aromatic heterocycles. The predicted molar refractivity (Wildman–Crippen MR) is 146 cm³/mol. The highest BCUT2D eigenvalue weighted by Gasteiger charge is 2.32. The number of carboxylic acid groups (broad SMARTS) is 1. The Morgan fingerprint density at radius 1 is 1.15 bits per heavy atom. The van der Waals surface area contributed by atoms with Crippen LogP contribution in [0, 0.1) is 11.6 Å². The largest absolute Gasteiger partial charge is 0.492 e. The molecule has 1 saturated carbocycles. The Bertz CT molecular complexity index is 1480. The summed E-state index contributed by atoms with van der Waals surface area (Å²) in [5, 5.41) is 13.9. The molecule has 1 saturated heterocycles. The molecule has 2 fully saturated rings. The van der Waals surface area contributed by atoms with Crippen LogP contribution in [0.4, 0.5) is 20.2 Å². The number of rotatable bonds is 9. The van der Waals surface area contributed by atoms with Crippen LogP contribution in [0.5, 0.6) is 5.75 Å². The van der Waals surface area contributed by atoms with Crippen LogP contribution in [0.1, 0.15) is 42.6 Å². The molecule has 0 amide bonds. The molecule has 9 nitrogen and oxygen atoms in total. The van der Waals surface area contributed by atoms with E-state index in [-0.39, 0.29) is 28.6 Å². The molecule has 39 heavy (non-hydrogen) atoms. The van der Waals surface area contributed by atoms with E-state index in [0.717, 1.165) is 37.6 Å². The van der Waals surface area contributed by atoms with Gasteiger partial charge in [0.15, 0.2) is 11.6 Å². The smallest absolute Gasteiger partial charge is 0.341 e. The Balaban J connectivity index is 1.31. The van der Waals surface area contributed by atoms with Gasteiger partial charge in [-0.25, -0.2) is 13.6 Å². The van der Waals surface area contributed by atoms with Crippen molar-refractivity contribution in [3.8, 4) is 5.75 Å². The van der Waals surface area contributed by atoms with Crippen LogP contribution in [0.3, 0.4) is 0 Å².